The van der Waals surface area contributed by atoms with Crippen LogP contribution in [-0.4, -0.2) is 52.4 Å². The van der Waals surface area contributed by atoms with Gasteiger partial charge in [0.2, 0.25) is 5.91 Å². The van der Waals surface area contributed by atoms with E-state index in [-0.39, 0.29) is 35.2 Å². The second-order valence-electron chi connectivity index (χ2n) is 8.05. The van der Waals surface area contributed by atoms with Crippen molar-refractivity contribution in [3.63, 3.8) is 0 Å². The summed E-state index contributed by atoms with van der Waals surface area (Å²) in [5.41, 5.74) is 0.761. The van der Waals surface area contributed by atoms with Gasteiger partial charge in [-0.2, -0.15) is 0 Å². The van der Waals surface area contributed by atoms with Crippen LogP contribution in [0.25, 0.3) is 11.4 Å². The van der Waals surface area contributed by atoms with E-state index in [1.54, 1.807) is 12.1 Å². The number of hydrogen-bond donors (Lipinski definition) is 1. The van der Waals surface area contributed by atoms with Gasteiger partial charge in [0.25, 0.3) is 0 Å². The summed E-state index contributed by atoms with van der Waals surface area (Å²) in [7, 11) is -3.03. The molecule has 1 saturated carbocycles. The molecular weight excluding hydrogens is 479 g/mol. The van der Waals surface area contributed by atoms with E-state index in [0.29, 0.717) is 27.4 Å². The highest BCUT2D eigenvalue weighted by Gasteiger charge is 2.29. The Morgan fingerprint density at radius 1 is 1.16 bits per heavy atom. The molecular formula is C20H24Cl2N4O3S2. The second-order valence-corrected chi connectivity index (χ2v) is 12.1. The molecule has 7 nitrogen and oxygen atoms in total. The lowest BCUT2D eigenvalue weighted by Gasteiger charge is -2.25. The fraction of sp³-hybridized carbons (Fsp3) is 0.550. The number of sulfone groups is 1. The van der Waals surface area contributed by atoms with Gasteiger partial charge in [0.05, 0.1) is 22.3 Å². The lowest BCUT2D eigenvalue weighted by atomic mass is 9.95. The summed E-state index contributed by atoms with van der Waals surface area (Å²) >= 11 is 13.8. The van der Waals surface area contributed by atoms with Crippen LogP contribution in [0.15, 0.2) is 23.4 Å². The van der Waals surface area contributed by atoms with E-state index < -0.39 is 9.84 Å². The number of thioether (sulfide) groups is 1. The van der Waals surface area contributed by atoms with Gasteiger partial charge in [-0.05, 0) is 37.5 Å². The van der Waals surface area contributed by atoms with Crippen molar-refractivity contribution in [1.82, 2.24) is 20.1 Å². The first-order valence-corrected chi connectivity index (χ1v) is 13.9. The Balaban J connectivity index is 1.53. The molecule has 2 aromatic rings. The summed E-state index contributed by atoms with van der Waals surface area (Å²) in [5.74, 6) is 0.776. The zero-order valence-electron chi connectivity index (χ0n) is 16.9. The molecule has 1 aliphatic carbocycles. The fourth-order valence-corrected chi connectivity index (χ4v) is 7.19. The van der Waals surface area contributed by atoms with Gasteiger partial charge in [-0.15, -0.1) is 10.2 Å². The molecule has 1 N–H and O–H groups in total. The molecule has 1 aromatic heterocycles. The minimum Gasteiger partial charge on any atom is -0.352 e. The summed E-state index contributed by atoms with van der Waals surface area (Å²) in [6, 6.07) is 5.25. The Hall–Kier alpha value is -1.29. The SMILES string of the molecule is O=C(CSc1nnc(-c2ccc(Cl)cc2Cl)n1C1CCCCC1)N[C@@H]1CCS(=O)(=O)C1. The molecule has 0 bridgehead atoms. The maximum atomic E-state index is 12.4. The van der Waals surface area contributed by atoms with Crippen LogP contribution in [-0.2, 0) is 14.6 Å². The fourth-order valence-electron chi connectivity index (χ4n) is 4.21. The van der Waals surface area contributed by atoms with Gasteiger partial charge in [-0.3, -0.25) is 9.36 Å². The average molecular weight is 503 g/mol. The number of carbonyl (C=O) groups excluding carboxylic acids is 1. The largest absolute Gasteiger partial charge is 0.352 e. The zero-order valence-corrected chi connectivity index (χ0v) is 20.0. The summed E-state index contributed by atoms with van der Waals surface area (Å²) in [6.45, 7) is 0. The Kier molecular flexibility index (Phi) is 7.15. The Bertz CT molecular complexity index is 1070. The van der Waals surface area contributed by atoms with E-state index in [2.05, 4.69) is 20.1 Å². The molecule has 0 radical (unpaired) electrons. The van der Waals surface area contributed by atoms with Crippen molar-refractivity contribution in [3.05, 3.63) is 28.2 Å². The van der Waals surface area contributed by atoms with Gasteiger partial charge < -0.3 is 5.32 Å². The van der Waals surface area contributed by atoms with Crippen LogP contribution in [0.5, 0.6) is 0 Å². The van der Waals surface area contributed by atoms with Crippen LogP contribution in [0.2, 0.25) is 10.0 Å². The van der Waals surface area contributed by atoms with Crippen LogP contribution < -0.4 is 5.32 Å². The number of halogens is 2. The molecule has 2 heterocycles. The van der Waals surface area contributed by atoms with Crippen LogP contribution in [0.4, 0.5) is 0 Å². The molecule has 1 atom stereocenters. The lowest BCUT2D eigenvalue weighted by molar-refractivity contribution is -0.119. The topological polar surface area (TPSA) is 93.9 Å². The highest BCUT2D eigenvalue weighted by atomic mass is 35.5. The molecule has 1 aliphatic heterocycles. The Morgan fingerprint density at radius 2 is 1.94 bits per heavy atom. The van der Waals surface area contributed by atoms with Gasteiger partial charge in [0, 0.05) is 22.7 Å². The molecule has 1 aromatic carbocycles. The first-order valence-electron chi connectivity index (χ1n) is 10.4. The van der Waals surface area contributed by atoms with E-state index in [4.69, 9.17) is 23.2 Å². The van der Waals surface area contributed by atoms with Crippen molar-refractivity contribution >= 4 is 50.7 Å². The molecule has 31 heavy (non-hydrogen) atoms. The van der Waals surface area contributed by atoms with E-state index >= 15 is 0 Å². The Morgan fingerprint density at radius 3 is 2.61 bits per heavy atom. The molecule has 2 fully saturated rings. The molecule has 1 amide bonds. The normalized spacial score (nSPS) is 21.3. The maximum Gasteiger partial charge on any atom is 0.230 e. The van der Waals surface area contributed by atoms with Crippen molar-refractivity contribution in [2.75, 3.05) is 17.3 Å². The lowest BCUT2D eigenvalue weighted by Crippen LogP contribution is -2.36. The zero-order chi connectivity index (χ0) is 22.0. The number of aromatic nitrogens is 3. The van der Waals surface area contributed by atoms with Gasteiger partial charge in [-0.1, -0.05) is 54.2 Å². The second kappa shape index (κ2) is 9.68. The minimum absolute atomic E-state index is 0.0148. The standard InChI is InChI=1S/C20H24Cl2N4O3S2/c21-13-6-7-16(17(22)10-13)19-24-25-20(26(19)15-4-2-1-3-5-15)30-11-18(27)23-14-8-9-31(28,29)12-14/h6-7,10,14-15H,1-5,8-9,11-12H2,(H,23,27)/t14-/m1/s1. The van der Waals surface area contributed by atoms with Crippen LogP contribution in [0, 0.1) is 0 Å². The summed E-state index contributed by atoms with van der Waals surface area (Å²) in [5, 5.41) is 13.3. The summed E-state index contributed by atoms with van der Waals surface area (Å²) < 4.78 is 25.3. The number of hydrogen-bond acceptors (Lipinski definition) is 6. The van der Waals surface area contributed by atoms with Crippen LogP contribution >= 0.6 is 35.0 Å². The van der Waals surface area contributed by atoms with E-state index in [1.807, 2.05) is 6.07 Å². The molecule has 11 heteroatoms. The van der Waals surface area contributed by atoms with Gasteiger partial charge in [0.1, 0.15) is 0 Å². The smallest absolute Gasteiger partial charge is 0.230 e. The number of rotatable bonds is 6. The van der Waals surface area contributed by atoms with Crippen molar-refractivity contribution in [1.29, 1.82) is 0 Å². The predicted octanol–water partition coefficient (Wildman–Crippen LogP) is 4.15. The highest BCUT2D eigenvalue weighted by Crippen LogP contribution is 2.38. The van der Waals surface area contributed by atoms with Crippen molar-refractivity contribution < 1.29 is 13.2 Å². The van der Waals surface area contributed by atoms with Gasteiger partial charge in [-0.25, -0.2) is 8.42 Å². The first-order chi connectivity index (χ1) is 14.8. The maximum absolute atomic E-state index is 12.4. The van der Waals surface area contributed by atoms with Crippen molar-refractivity contribution in [3.8, 4) is 11.4 Å². The van der Waals surface area contributed by atoms with Crippen LogP contribution in [0.3, 0.4) is 0 Å². The molecule has 0 spiro atoms. The molecule has 2 aliphatic rings. The minimum atomic E-state index is -3.03. The highest BCUT2D eigenvalue weighted by molar-refractivity contribution is 7.99. The molecule has 168 valence electrons. The third-order valence-corrected chi connectivity index (χ3v) is 8.97. The van der Waals surface area contributed by atoms with E-state index in [9.17, 15) is 13.2 Å². The molecule has 4 rings (SSSR count). The average Bonchev–Trinajstić information content (AvgIpc) is 3.29. The monoisotopic (exact) mass is 502 g/mol. The van der Waals surface area contributed by atoms with Gasteiger partial charge >= 0.3 is 0 Å². The number of carbonyl (C=O) groups is 1. The number of nitrogens with zero attached hydrogens (tertiary/aromatic N) is 3. The summed E-state index contributed by atoms with van der Waals surface area (Å²) in [4.78, 5) is 12.4. The number of amides is 1. The third kappa shape index (κ3) is 5.56. The quantitative estimate of drug-likeness (QED) is 0.596. The number of nitrogens with one attached hydrogen (secondary N) is 1. The van der Waals surface area contributed by atoms with E-state index in [1.165, 1.54) is 18.2 Å². The molecule has 0 unspecified atom stereocenters. The summed E-state index contributed by atoms with van der Waals surface area (Å²) in [6.07, 6.45) is 6.00. The van der Waals surface area contributed by atoms with Gasteiger partial charge in [0.15, 0.2) is 20.8 Å². The predicted molar refractivity (Wildman–Crippen MR) is 124 cm³/mol. The molecule has 1 saturated heterocycles. The van der Waals surface area contributed by atoms with E-state index in [0.717, 1.165) is 31.2 Å². The number of benzene rings is 1. The Labute approximate surface area is 196 Å². The third-order valence-electron chi connectivity index (χ3n) is 5.71. The van der Waals surface area contributed by atoms with Crippen LogP contribution in [0.1, 0.15) is 44.6 Å². The first kappa shape index (κ1) is 22.9. The van der Waals surface area contributed by atoms with Crippen molar-refractivity contribution in [2.45, 2.75) is 55.8 Å². The van der Waals surface area contributed by atoms with Crippen molar-refractivity contribution in [2.24, 2.45) is 0 Å².